The van der Waals surface area contributed by atoms with E-state index in [1.54, 1.807) is 4.90 Å². The molecule has 1 aliphatic carbocycles. The summed E-state index contributed by atoms with van der Waals surface area (Å²) in [4.78, 5) is 26.0. The largest absolute Gasteiger partial charge is 0.454 e. The normalized spacial score (nSPS) is 17.4. The summed E-state index contributed by atoms with van der Waals surface area (Å²) in [6.45, 7) is -0.754. The summed E-state index contributed by atoms with van der Waals surface area (Å²) in [6, 6.07) is 3.42. The molecule has 208 valence electrons. The molecule has 1 aliphatic heterocycles. The van der Waals surface area contributed by atoms with E-state index in [4.69, 9.17) is 0 Å². The maximum Gasteiger partial charge on any atom is 0.422 e. The lowest BCUT2D eigenvalue weighted by atomic mass is 10.1. The van der Waals surface area contributed by atoms with Gasteiger partial charge >= 0.3 is 24.4 Å². The van der Waals surface area contributed by atoms with Gasteiger partial charge in [0.2, 0.25) is 11.9 Å². The molecule has 2 aliphatic rings. The van der Waals surface area contributed by atoms with Crippen LogP contribution in [0.15, 0.2) is 24.3 Å². The first-order valence-electron chi connectivity index (χ1n) is 12.2. The molecule has 4 rings (SSSR count). The monoisotopic (exact) mass is 547 g/mol. The maximum atomic E-state index is 13.1. The molecular formula is C23H27F6N7O2. The number of piperidine rings is 1. The molecule has 1 saturated carbocycles. The number of carbonyl (C=O) groups is 1. The second-order valence-corrected chi connectivity index (χ2v) is 9.21. The van der Waals surface area contributed by atoms with E-state index in [9.17, 15) is 31.1 Å². The number of rotatable bonds is 7. The number of nitrogens with one attached hydrogen (secondary N) is 3. The first-order valence-corrected chi connectivity index (χ1v) is 12.2. The van der Waals surface area contributed by atoms with Crippen LogP contribution in [0.4, 0.5) is 48.7 Å². The van der Waals surface area contributed by atoms with Gasteiger partial charge < -0.3 is 25.6 Å². The van der Waals surface area contributed by atoms with Gasteiger partial charge in [-0.05, 0) is 43.9 Å². The Bertz CT molecular complexity index is 1100. The molecular weight excluding hydrogens is 520 g/mol. The number of aromatic nitrogens is 3. The zero-order chi connectivity index (χ0) is 27.3. The Morgan fingerprint density at radius 3 is 2.29 bits per heavy atom. The van der Waals surface area contributed by atoms with Gasteiger partial charge in [-0.1, -0.05) is 18.9 Å². The first-order chi connectivity index (χ1) is 17.9. The highest BCUT2D eigenvalue weighted by Gasteiger charge is 2.31. The van der Waals surface area contributed by atoms with Crippen molar-refractivity contribution < 1.29 is 35.9 Å². The van der Waals surface area contributed by atoms with Crippen LogP contribution in [0.1, 0.15) is 44.1 Å². The van der Waals surface area contributed by atoms with Crippen molar-refractivity contribution >= 4 is 23.6 Å². The minimum atomic E-state index is -4.65. The molecule has 0 radical (unpaired) electrons. The van der Waals surface area contributed by atoms with Crippen molar-refractivity contribution in [2.24, 2.45) is 0 Å². The van der Waals surface area contributed by atoms with E-state index in [1.165, 1.54) is 12.1 Å². The molecule has 2 heterocycles. The highest BCUT2D eigenvalue weighted by atomic mass is 19.4. The summed E-state index contributed by atoms with van der Waals surface area (Å²) in [7, 11) is 0. The highest BCUT2D eigenvalue weighted by Crippen LogP contribution is 2.31. The molecule has 0 atom stereocenters. The molecule has 9 nitrogen and oxygen atoms in total. The van der Waals surface area contributed by atoms with Crippen LogP contribution in [0.2, 0.25) is 0 Å². The third-order valence-corrected chi connectivity index (χ3v) is 6.22. The number of hydrogen-bond acceptors (Lipinski definition) is 7. The number of nitrogens with zero attached hydrogens (tertiary/aromatic N) is 4. The van der Waals surface area contributed by atoms with Crippen molar-refractivity contribution in [2.45, 2.75) is 63.0 Å². The third kappa shape index (κ3) is 7.99. The fourth-order valence-corrected chi connectivity index (χ4v) is 4.34. The van der Waals surface area contributed by atoms with Crippen LogP contribution < -0.4 is 20.7 Å². The number of urea groups is 1. The molecule has 0 unspecified atom stereocenters. The van der Waals surface area contributed by atoms with E-state index < -0.39 is 30.5 Å². The van der Waals surface area contributed by atoms with Gasteiger partial charge in [0.15, 0.2) is 6.61 Å². The molecule has 15 heteroatoms. The van der Waals surface area contributed by atoms with E-state index in [0.717, 1.165) is 37.8 Å². The Balaban J connectivity index is 1.43. The molecule has 2 aromatic rings. The lowest BCUT2D eigenvalue weighted by Crippen LogP contribution is -2.49. The van der Waals surface area contributed by atoms with Gasteiger partial charge in [0.25, 0.3) is 0 Å². The molecule has 3 N–H and O–H groups in total. The number of carbonyl (C=O) groups excluding carboxylic acids is 1. The van der Waals surface area contributed by atoms with Crippen molar-refractivity contribution in [3.05, 3.63) is 29.8 Å². The van der Waals surface area contributed by atoms with Crippen LogP contribution in [0.3, 0.4) is 0 Å². The van der Waals surface area contributed by atoms with E-state index in [1.807, 2.05) is 0 Å². The van der Waals surface area contributed by atoms with Gasteiger partial charge in [0, 0.05) is 30.9 Å². The predicted octanol–water partition coefficient (Wildman–Crippen LogP) is 5.10. The fraction of sp³-hybridized carbons (Fsp3) is 0.565. The van der Waals surface area contributed by atoms with Crippen LogP contribution in [-0.4, -0.2) is 63.8 Å². The van der Waals surface area contributed by atoms with Crippen molar-refractivity contribution in [3.8, 4) is 6.01 Å². The summed E-state index contributed by atoms with van der Waals surface area (Å²) < 4.78 is 81.8. The van der Waals surface area contributed by atoms with E-state index in [2.05, 4.69) is 35.6 Å². The topological polar surface area (TPSA) is 104 Å². The van der Waals surface area contributed by atoms with Crippen molar-refractivity contribution in [1.82, 2.24) is 25.2 Å². The molecule has 1 aromatic heterocycles. The van der Waals surface area contributed by atoms with Crippen LogP contribution in [-0.2, 0) is 6.18 Å². The summed E-state index contributed by atoms with van der Waals surface area (Å²) >= 11 is 0. The minimum absolute atomic E-state index is 0.0275. The third-order valence-electron chi connectivity index (χ3n) is 6.22. The summed E-state index contributed by atoms with van der Waals surface area (Å²) in [5.41, 5.74) is -0.951. The van der Waals surface area contributed by atoms with Gasteiger partial charge in [-0.25, -0.2) is 4.79 Å². The quantitative estimate of drug-likeness (QED) is 0.414. The maximum absolute atomic E-state index is 13.1. The number of likely N-dealkylation sites (tertiary alicyclic amines) is 1. The molecule has 0 bridgehead atoms. The smallest absolute Gasteiger partial charge is 0.422 e. The van der Waals surface area contributed by atoms with Gasteiger partial charge in [0.05, 0.1) is 5.56 Å². The standard InChI is InChI=1S/C23H27F6N7O2/c24-22(25,26)13-38-20-34-18(33-19(35-20)31-17-7-3-4-14(12-17)23(27,28)29)30-16-8-10-36(11-9-16)21(37)32-15-5-1-2-6-15/h3-4,7,12,15-16H,1-2,5-6,8-11,13H2,(H,32,37)(H2,30,31,33,34,35). The van der Waals surface area contributed by atoms with Crippen LogP contribution in [0.5, 0.6) is 6.01 Å². The minimum Gasteiger partial charge on any atom is -0.454 e. The van der Waals surface area contributed by atoms with Crippen LogP contribution in [0, 0.1) is 0 Å². The van der Waals surface area contributed by atoms with E-state index in [0.29, 0.717) is 25.9 Å². The summed E-state index contributed by atoms with van der Waals surface area (Å²) in [5.74, 6) is -0.409. The van der Waals surface area contributed by atoms with Gasteiger partial charge in [-0.2, -0.15) is 41.3 Å². The molecule has 38 heavy (non-hydrogen) atoms. The summed E-state index contributed by atoms with van der Waals surface area (Å²) in [5, 5.41) is 8.61. The van der Waals surface area contributed by atoms with Gasteiger partial charge in [0.1, 0.15) is 0 Å². The average molecular weight is 548 g/mol. The second-order valence-electron chi connectivity index (χ2n) is 9.21. The number of hydrogen-bond donors (Lipinski definition) is 3. The van der Waals surface area contributed by atoms with Crippen molar-refractivity contribution in [2.75, 3.05) is 30.3 Å². The number of anilines is 3. The fourth-order valence-electron chi connectivity index (χ4n) is 4.34. The zero-order valence-corrected chi connectivity index (χ0v) is 20.2. The molecule has 2 amide bonds. The number of amides is 2. The second kappa shape index (κ2) is 11.5. The van der Waals surface area contributed by atoms with Crippen molar-refractivity contribution in [3.63, 3.8) is 0 Å². The van der Waals surface area contributed by atoms with E-state index in [-0.39, 0.29) is 35.7 Å². The Kier molecular flexibility index (Phi) is 8.31. The predicted molar refractivity (Wildman–Crippen MR) is 125 cm³/mol. The number of ether oxygens (including phenoxy) is 1. The Morgan fingerprint density at radius 2 is 1.63 bits per heavy atom. The van der Waals surface area contributed by atoms with Gasteiger partial charge in [-0.3, -0.25) is 0 Å². The van der Waals surface area contributed by atoms with E-state index >= 15 is 0 Å². The Labute approximate surface area is 214 Å². The number of alkyl halides is 6. The Morgan fingerprint density at radius 1 is 0.947 bits per heavy atom. The van der Waals surface area contributed by atoms with Gasteiger partial charge in [-0.15, -0.1) is 0 Å². The lowest BCUT2D eigenvalue weighted by molar-refractivity contribution is -0.154. The Hall–Kier alpha value is -3.52. The first kappa shape index (κ1) is 27.5. The number of halogens is 6. The number of benzene rings is 1. The van der Waals surface area contributed by atoms with Crippen LogP contribution in [0.25, 0.3) is 0 Å². The molecule has 1 saturated heterocycles. The molecule has 0 spiro atoms. The highest BCUT2D eigenvalue weighted by molar-refractivity contribution is 5.74. The molecule has 2 fully saturated rings. The van der Waals surface area contributed by atoms with Crippen molar-refractivity contribution in [1.29, 1.82) is 0 Å². The average Bonchev–Trinajstić information content (AvgIpc) is 3.35. The SMILES string of the molecule is O=C(NC1CCCC1)N1CCC(Nc2nc(Nc3cccc(C(F)(F)F)c3)nc(OCC(F)(F)F)n2)CC1. The zero-order valence-electron chi connectivity index (χ0n) is 20.2. The van der Waals surface area contributed by atoms with Crippen LogP contribution >= 0.6 is 0 Å². The molecule has 1 aromatic carbocycles. The summed E-state index contributed by atoms with van der Waals surface area (Å²) in [6.07, 6.45) is -4.05. The lowest BCUT2D eigenvalue weighted by Gasteiger charge is -2.33.